The number of nitrogens with zero attached hydrogens (tertiary/aromatic N) is 1. The van der Waals surface area contributed by atoms with Crippen molar-refractivity contribution in [2.45, 2.75) is 38.1 Å². The van der Waals surface area contributed by atoms with E-state index in [0.29, 0.717) is 25.0 Å². The molecule has 1 aliphatic carbocycles. The van der Waals surface area contributed by atoms with Gasteiger partial charge in [-0.1, -0.05) is 12.8 Å². The molecule has 6 heteroatoms. The van der Waals surface area contributed by atoms with Crippen molar-refractivity contribution in [2.24, 2.45) is 0 Å². The lowest BCUT2D eigenvalue weighted by Crippen LogP contribution is -2.38. The molecule has 0 radical (unpaired) electrons. The molecule has 1 saturated carbocycles. The van der Waals surface area contributed by atoms with Gasteiger partial charge in [-0.25, -0.2) is 0 Å². The van der Waals surface area contributed by atoms with E-state index in [-0.39, 0.29) is 6.61 Å². The zero-order valence-corrected chi connectivity index (χ0v) is 9.86. The smallest absolute Gasteiger partial charge is 0.297 e. The highest BCUT2D eigenvalue weighted by molar-refractivity contribution is 6.18. The van der Waals surface area contributed by atoms with Crippen LogP contribution in [-0.4, -0.2) is 42.9 Å². The van der Waals surface area contributed by atoms with Crippen LogP contribution in [0.1, 0.15) is 25.7 Å². The van der Waals surface area contributed by atoms with Gasteiger partial charge in [0.15, 0.2) is 0 Å². The molecule has 0 heterocycles. The van der Waals surface area contributed by atoms with Crippen LogP contribution in [0.3, 0.4) is 0 Å². The molecule has 1 aliphatic rings. The van der Waals surface area contributed by atoms with Crippen molar-refractivity contribution in [1.82, 2.24) is 4.90 Å². The SMILES string of the molecule is FC(F)(F)OCCN(CCCl)C1CCCC1. The Kier molecular flexibility index (Phi) is 5.86. The highest BCUT2D eigenvalue weighted by Crippen LogP contribution is 2.23. The van der Waals surface area contributed by atoms with Gasteiger partial charge in [-0.2, -0.15) is 0 Å². The lowest BCUT2D eigenvalue weighted by atomic mass is 10.2. The summed E-state index contributed by atoms with van der Waals surface area (Å²) in [5.41, 5.74) is 0. The zero-order chi connectivity index (χ0) is 12.0. The van der Waals surface area contributed by atoms with Gasteiger partial charge >= 0.3 is 6.36 Å². The van der Waals surface area contributed by atoms with Gasteiger partial charge in [0, 0.05) is 25.0 Å². The maximum Gasteiger partial charge on any atom is 0.522 e. The van der Waals surface area contributed by atoms with Crippen LogP contribution in [0.4, 0.5) is 13.2 Å². The van der Waals surface area contributed by atoms with Crippen LogP contribution in [-0.2, 0) is 4.74 Å². The van der Waals surface area contributed by atoms with Crippen LogP contribution < -0.4 is 0 Å². The van der Waals surface area contributed by atoms with E-state index in [1.165, 1.54) is 0 Å². The first kappa shape index (κ1) is 14.1. The van der Waals surface area contributed by atoms with E-state index in [0.717, 1.165) is 25.7 Å². The molecular weight excluding hydrogens is 243 g/mol. The van der Waals surface area contributed by atoms with E-state index < -0.39 is 6.36 Å². The number of alkyl halides is 4. The molecule has 16 heavy (non-hydrogen) atoms. The Balaban J connectivity index is 2.27. The monoisotopic (exact) mass is 259 g/mol. The summed E-state index contributed by atoms with van der Waals surface area (Å²) in [6.45, 7) is 0.626. The standard InChI is InChI=1S/C10H17ClF3NO/c11-5-6-15(9-3-1-2-4-9)7-8-16-10(12,13)14/h9H,1-8H2. The van der Waals surface area contributed by atoms with Crippen LogP contribution in [0, 0.1) is 0 Å². The second-order valence-corrected chi connectivity index (χ2v) is 4.34. The topological polar surface area (TPSA) is 12.5 Å². The van der Waals surface area contributed by atoms with Crippen LogP contribution in [0.2, 0.25) is 0 Å². The minimum Gasteiger partial charge on any atom is -0.297 e. The minimum atomic E-state index is -4.53. The van der Waals surface area contributed by atoms with E-state index in [1.54, 1.807) is 0 Å². The molecule has 0 aromatic rings. The average molecular weight is 260 g/mol. The molecular formula is C10H17ClF3NO. The number of halogens is 4. The van der Waals surface area contributed by atoms with Crippen LogP contribution >= 0.6 is 11.6 Å². The van der Waals surface area contributed by atoms with Gasteiger partial charge in [-0.3, -0.25) is 9.64 Å². The minimum absolute atomic E-state index is 0.302. The van der Waals surface area contributed by atoms with Crippen molar-refractivity contribution in [2.75, 3.05) is 25.6 Å². The van der Waals surface area contributed by atoms with Crippen LogP contribution in [0.5, 0.6) is 0 Å². The maximum atomic E-state index is 11.8. The summed E-state index contributed by atoms with van der Waals surface area (Å²) in [4.78, 5) is 2.01. The highest BCUT2D eigenvalue weighted by atomic mass is 35.5. The van der Waals surface area contributed by atoms with Crippen molar-refractivity contribution in [3.05, 3.63) is 0 Å². The van der Waals surface area contributed by atoms with Gasteiger partial charge in [0.05, 0.1) is 6.61 Å². The van der Waals surface area contributed by atoms with E-state index >= 15 is 0 Å². The third kappa shape index (κ3) is 5.37. The lowest BCUT2D eigenvalue weighted by Gasteiger charge is -2.27. The molecule has 0 unspecified atom stereocenters. The molecule has 0 amide bonds. The third-order valence-electron chi connectivity index (χ3n) is 2.86. The van der Waals surface area contributed by atoms with Crippen molar-refractivity contribution < 1.29 is 17.9 Å². The molecule has 0 aliphatic heterocycles. The number of ether oxygens (including phenoxy) is 1. The summed E-state index contributed by atoms with van der Waals surface area (Å²) < 4.78 is 39.2. The Morgan fingerprint density at radius 3 is 2.31 bits per heavy atom. The predicted molar refractivity (Wildman–Crippen MR) is 56.6 cm³/mol. The number of hydrogen-bond acceptors (Lipinski definition) is 2. The van der Waals surface area contributed by atoms with Gasteiger partial charge < -0.3 is 0 Å². The van der Waals surface area contributed by atoms with Crippen molar-refractivity contribution in [3.8, 4) is 0 Å². The molecule has 0 spiro atoms. The van der Waals surface area contributed by atoms with Gasteiger partial charge in [-0.05, 0) is 12.8 Å². The quantitative estimate of drug-likeness (QED) is 0.680. The zero-order valence-electron chi connectivity index (χ0n) is 9.10. The number of hydrogen-bond donors (Lipinski definition) is 0. The molecule has 0 N–H and O–H groups in total. The summed E-state index contributed by atoms with van der Waals surface area (Å²) in [6, 6.07) is 0.385. The Hall–Kier alpha value is 0. The fourth-order valence-corrected chi connectivity index (χ4v) is 2.35. The van der Waals surface area contributed by atoms with Gasteiger partial charge in [0.1, 0.15) is 0 Å². The largest absolute Gasteiger partial charge is 0.522 e. The fourth-order valence-electron chi connectivity index (χ4n) is 2.13. The number of rotatable bonds is 6. The van der Waals surface area contributed by atoms with Gasteiger partial charge in [0.25, 0.3) is 0 Å². The average Bonchev–Trinajstić information content (AvgIpc) is 2.67. The molecule has 0 bridgehead atoms. The van der Waals surface area contributed by atoms with E-state index in [4.69, 9.17) is 11.6 Å². The van der Waals surface area contributed by atoms with Crippen LogP contribution in [0.25, 0.3) is 0 Å². The molecule has 1 fully saturated rings. The third-order valence-corrected chi connectivity index (χ3v) is 3.03. The first-order chi connectivity index (χ1) is 7.53. The normalized spacial score (nSPS) is 18.6. The van der Waals surface area contributed by atoms with Crippen LogP contribution in [0.15, 0.2) is 0 Å². The van der Waals surface area contributed by atoms with Gasteiger partial charge in [-0.15, -0.1) is 24.8 Å². The molecule has 96 valence electrons. The highest BCUT2D eigenvalue weighted by Gasteiger charge is 2.29. The first-order valence-corrected chi connectivity index (χ1v) is 6.07. The molecule has 0 saturated heterocycles. The molecule has 2 nitrogen and oxygen atoms in total. The van der Waals surface area contributed by atoms with Crippen molar-refractivity contribution in [1.29, 1.82) is 0 Å². The Bertz CT molecular complexity index is 195. The summed E-state index contributed by atoms with van der Waals surface area (Å²) in [7, 11) is 0. The molecule has 1 rings (SSSR count). The molecule has 0 atom stereocenters. The maximum absolute atomic E-state index is 11.8. The summed E-state index contributed by atoms with van der Waals surface area (Å²) in [5.74, 6) is 0.447. The fraction of sp³-hybridized carbons (Fsp3) is 1.00. The van der Waals surface area contributed by atoms with Crippen molar-refractivity contribution in [3.63, 3.8) is 0 Å². The lowest BCUT2D eigenvalue weighted by molar-refractivity contribution is -0.325. The Morgan fingerprint density at radius 1 is 1.19 bits per heavy atom. The summed E-state index contributed by atoms with van der Waals surface area (Å²) in [6.07, 6.45) is -0.0959. The van der Waals surface area contributed by atoms with E-state index in [1.807, 2.05) is 4.90 Å². The second-order valence-electron chi connectivity index (χ2n) is 3.96. The molecule has 0 aromatic heterocycles. The summed E-state index contributed by atoms with van der Waals surface area (Å²) >= 11 is 5.64. The Morgan fingerprint density at radius 2 is 1.81 bits per heavy atom. The van der Waals surface area contributed by atoms with Crippen molar-refractivity contribution >= 4 is 11.6 Å². The summed E-state index contributed by atoms with van der Waals surface area (Å²) in [5, 5.41) is 0. The van der Waals surface area contributed by atoms with E-state index in [2.05, 4.69) is 4.74 Å². The second kappa shape index (κ2) is 6.67. The Labute approximate surface area is 98.7 Å². The van der Waals surface area contributed by atoms with E-state index in [9.17, 15) is 13.2 Å². The first-order valence-electron chi connectivity index (χ1n) is 5.53. The molecule has 0 aromatic carbocycles. The van der Waals surface area contributed by atoms with Gasteiger partial charge in [0.2, 0.25) is 0 Å². The predicted octanol–water partition coefficient (Wildman–Crippen LogP) is 3.01.